The van der Waals surface area contributed by atoms with Crippen molar-refractivity contribution in [3.63, 3.8) is 0 Å². The number of piperidine rings is 1. The Bertz CT molecular complexity index is 716. The molecule has 8 heteroatoms. The van der Waals surface area contributed by atoms with Gasteiger partial charge in [-0.05, 0) is 44.2 Å². The molecule has 2 fully saturated rings. The van der Waals surface area contributed by atoms with Crippen LogP contribution in [0.15, 0.2) is 24.3 Å². The summed E-state index contributed by atoms with van der Waals surface area (Å²) in [5.41, 5.74) is 0.758. The number of likely N-dealkylation sites (tertiary alicyclic amines) is 1. The number of likely N-dealkylation sites (N-methyl/N-ethyl adjacent to an activating group) is 1. The van der Waals surface area contributed by atoms with E-state index in [1.807, 2.05) is 9.80 Å². The Labute approximate surface area is 163 Å². The number of hydrogen-bond acceptors (Lipinski definition) is 4. The number of carbonyl (C=O) groups excluding carboxylic acids is 2. The van der Waals surface area contributed by atoms with Crippen LogP contribution in [0.3, 0.4) is 0 Å². The highest BCUT2D eigenvalue weighted by atomic mass is 35.5. The number of amides is 2. The SMILES string of the molecule is CN(CC(=O)O)C1CCN(C(=O)C2CC(=O)N(c3ccc(Cl)cc3)C2)CC1. The smallest absolute Gasteiger partial charge is 0.317 e. The molecule has 2 amide bonds. The number of carboxylic acids is 1. The second-order valence-electron chi connectivity index (χ2n) is 7.25. The fourth-order valence-corrected chi connectivity index (χ4v) is 4.00. The van der Waals surface area contributed by atoms with Crippen LogP contribution in [0.1, 0.15) is 19.3 Å². The lowest BCUT2D eigenvalue weighted by Crippen LogP contribution is -2.48. The molecule has 2 aliphatic rings. The first-order chi connectivity index (χ1) is 12.8. The molecule has 0 spiro atoms. The molecule has 1 aromatic carbocycles. The third kappa shape index (κ3) is 4.59. The van der Waals surface area contributed by atoms with Crippen LogP contribution >= 0.6 is 11.6 Å². The lowest BCUT2D eigenvalue weighted by molar-refractivity contribution is -0.140. The van der Waals surface area contributed by atoms with Crippen LogP contribution in [0.25, 0.3) is 0 Å². The summed E-state index contributed by atoms with van der Waals surface area (Å²) in [6.45, 7) is 1.59. The van der Waals surface area contributed by atoms with Crippen molar-refractivity contribution in [1.29, 1.82) is 0 Å². The number of benzene rings is 1. The standard InChI is InChI=1S/C19H24ClN3O4/c1-21(12-18(25)26)15-6-8-22(9-7-15)19(27)13-10-17(24)23(11-13)16-4-2-14(20)3-5-16/h2-5,13,15H,6-12H2,1H3,(H,25,26). The van der Waals surface area contributed by atoms with Crippen LogP contribution in [0.5, 0.6) is 0 Å². The molecule has 7 nitrogen and oxygen atoms in total. The number of hydrogen-bond donors (Lipinski definition) is 1. The highest BCUT2D eigenvalue weighted by Crippen LogP contribution is 2.28. The molecule has 0 saturated carbocycles. The number of halogens is 1. The molecule has 2 saturated heterocycles. The van der Waals surface area contributed by atoms with E-state index in [1.54, 1.807) is 36.2 Å². The summed E-state index contributed by atoms with van der Waals surface area (Å²) in [6, 6.07) is 7.21. The molecule has 0 aromatic heterocycles. The molecule has 2 aliphatic heterocycles. The van der Waals surface area contributed by atoms with Crippen LogP contribution in [0.2, 0.25) is 5.02 Å². The average Bonchev–Trinajstić information content (AvgIpc) is 3.03. The van der Waals surface area contributed by atoms with Crippen molar-refractivity contribution >= 4 is 35.1 Å². The largest absolute Gasteiger partial charge is 0.480 e. The highest BCUT2D eigenvalue weighted by Gasteiger charge is 2.38. The number of carbonyl (C=O) groups is 3. The Hall–Kier alpha value is -2.12. The Morgan fingerprint density at radius 2 is 1.85 bits per heavy atom. The van der Waals surface area contributed by atoms with Crippen molar-refractivity contribution in [2.75, 3.05) is 38.1 Å². The van der Waals surface area contributed by atoms with E-state index < -0.39 is 5.97 Å². The van der Waals surface area contributed by atoms with E-state index in [0.717, 1.165) is 18.5 Å². The first kappa shape index (κ1) is 19.6. The van der Waals surface area contributed by atoms with Gasteiger partial charge in [-0.1, -0.05) is 11.6 Å². The van der Waals surface area contributed by atoms with Gasteiger partial charge in [0, 0.05) is 42.8 Å². The normalized spacial score (nSPS) is 21.1. The second kappa shape index (κ2) is 8.27. The van der Waals surface area contributed by atoms with Crippen LogP contribution in [0.4, 0.5) is 5.69 Å². The zero-order valence-corrected chi connectivity index (χ0v) is 16.1. The highest BCUT2D eigenvalue weighted by molar-refractivity contribution is 6.30. The molecule has 0 radical (unpaired) electrons. The summed E-state index contributed by atoms with van der Waals surface area (Å²) in [4.78, 5) is 41.3. The Balaban J connectivity index is 1.55. The molecule has 1 aromatic rings. The van der Waals surface area contributed by atoms with Crippen molar-refractivity contribution in [2.24, 2.45) is 5.92 Å². The minimum Gasteiger partial charge on any atom is -0.480 e. The lowest BCUT2D eigenvalue weighted by atomic mass is 10.0. The third-order valence-corrected chi connectivity index (χ3v) is 5.65. The number of carboxylic acid groups (broad SMARTS) is 1. The molecular formula is C19H24ClN3O4. The van der Waals surface area contributed by atoms with E-state index >= 15 is 0 Å². The molecule has 1 unspecified atom stereocenters. The summed E-state index contributed by atoms with van der Waals surface area (Å²) in [5.74, 6) is -1.21. The zero-order valence-electron chi connectivity index (χ0n) is 15.3. The Kier molecular flexibility index (Phi) is 6.01. The van der Waals surface area contributed by atoms with Gasteiger partial charge >= 0.3 is 5.97 Å². The van der Waals surface area contributed by atoms with Crippen molar-refractivity contribution < 1.29 is 19.5 Å². The van der Waals surface area contributed by atoms with Crippen LogP contribution in [-0.2, 0) is 14.4 Å². The molecule has 1 atom stereocenters. The fourth-order valence-electron chi connectivity index (χ4n) is 3.87. The summed E-state index contributed by atoms with van der Waals surface area (Å²) in [5, 5.41) is 9.51. The minimum absolute atomic E-state index is 0.00575. The molecule has 2 heterocycles. The fraction of sp³-hybridized carbons (Fsp3) is 0.526. The van der Waals surface area contributed by atoms with Gasteiger partial charge in [-0.3, -0.25) is 19.3 Å². The van der Waals surface area contributed by atoms with E-state index in [9.17, 15) is 14.4 Å². The number of anilines is 1. The maximum absolute atomic E-state index is 12.8. The van der Waals surface area contributed by atoms with Gasteiger partial charge in [0.15, 0.2) is 0 Å². The van der Waals surface area contributed by atoms with Gasteiger partial charge < -0.3 is 14.9 Å². The first-order valence-corrected chi connectivity index (χ1v) is 9.49. The number of nitrogens with zero attached hydrogens (tertiary/aromatic N) is 3. The molecule has 27 heavy (non-hydrogen) atoms. The van der Waals surface area contributed by atoms with Gasteiger partial charge in [0.2, 0.25) is 11.8 Å². The van der Waals surface area contributed by atoms with Gasteiger partial charge in [0.05, 0.1) is 12.5 Å². The lowest BCUT2D eigenvalue weighted by Gasteiger charge is -2.37. The molecule has 0 aliphatic carbocycles. The average molecular weight is 394 g/mol. The minimum atomic E-state index is -0.845. The van der Waals surface area contributed by atoms with E-state index in [2.05, 4.69) is 0 Å². The Morgan fingerprint density at radius 3 is 2.44 bits per heavy atom. The van der Waals surface area contributed by atoms with E-state index in [0.29, 0.717) is 24.7 Å². The van der Waals surface area contributed by atoms with Gasteiger partial charge in [0.1, 0.15) is 0 Å². The molecular weight excluding hydrogens is 370 g/mol. The van der Waals surface area contributed by atoms with Crippen LogP contribution in [-0.4, -0.2) is 72.0 Å². The summed E-state index contributed by atoms with van der Waals surface area (Å²) in [6.07, 6.45) is 1.72. The van der Waals surface area contributed by atoms with Crippen molar-refractivity contribution in [3.05, 3.63) is 29.3 Å². The van der Waals surface area contributed by atoms with E-state index in [-0.39, 0.29) is 36.7 Å². The van der Waals surface area contributed by atoms with Gasteiger partial charge in [-0.2, -0.15) is 0 Å². The predicted octanol–water partition coefficient (Wildman–Crippen LogP) is 1.70. The zero-order chi connectivity index (χ0) is 19.6. The topological polar surface area (TPSA) is 81.2 Å². The quantitative estimate of drug-likeness (QED) is 0.823. The second-order valence-corrected chi connectivity index (χ2v) is 7.68. The van der Waals surface area contributed by atoms with Crippen LogP contribution in [0, 0.1) is 5.92 Å². The van der Waals surface area contributed by atoms with Crippen molar-refractivity contribution in [2.45, 2.75) is 25.3 Å². The van der Waals surface area contributed by atoms with Gasteiger partial charge in [-0.15, -0.1) is 0 Å². The van der Waals surface area contributed by atoms with Crippen LogP contribution < -0.4 is 4.90 Å². The number of aliphatic carboxylic acids is 1. The van der Waals surface area contributed by atoms with Gasteiger partial charge in [0.25, 0.3) is 0 Å². The van der Waals surface area contributed by atoms with Gasteiger partial charge in [-0.25, -0.2) is 0 Å². The van der Waals surface area contributed by atoms with Crippen molar-refractivity contribution in [3.8, 4) is 0 Å². The third-order valence-electron chi connectivity index (χ3n) is 5.40. The summed E-state index contributed by atoms with van der Waals surface area (Å²) < 4.78 is 0. The molecule has 146 valence electrons. The Morgan fingerprint density at radius 1 is 1.22 bits per heavy atom. The molecule has 3 rings (SSSR count). The van der Waals surface area contributed by atoms with E-state index in [4.69, 9.17) is 16.7 Å². The monoisotopic (exact) mass is 393 g/mol. The van der Waals surface area contributed by atoms with E-state index in [1.165, 1.54) is 0 Å². The maximum atomic E-state index is 12.8. The summed E-state index contributed by atoms with van der Waals surface area (Å²) in [7, 11) is 1.80. The van der Waals surface area contributed by atoms with Crippen molar-refractivity contribution in [1.82, 2.24) is 9.80 Å². The summed E-state index contributed by atoms with van der Waals surface area (Å²) >= 11 is 5.90. The first-order valence-electron chi connectivity index (χ1n) is 9.12. The predicted molar refractivity (Wildman–Crippen MR) is 102 cm³/mol. The maximum Gasteiger partial charge on any atom is 0.317 e. The number of rotatable bonds is 5. The molecule has 1 N–H and O–H groups in total. The molecule has 0 bridgehead atoms.